The molecule has 0 saturated heterocycles. The van der Waals surface area contributed by atoms with Gasteiger partial charge in [-0.15, -0.1) is 6.58 Å². The summed E-state index contributed by atoms with van der Waals surface area (Å²) in [6.07, 6.45) is 7.96. The Morgan fingerprint density at radius 3 is 2.82 bits per heavy atom. The molecule has 0 amide bonds. The van der Waals surface area contributed by atoms with Gasteiger partial charge in [0.1, 0.15) is 0 Å². The van der Waals surface area contributed by atoms with Gasteiger partial charge < -0.3 is 9.47 Å². The van der Waals surface area contributed by atoms with E-state index >= 15 is 0 Å². The Bertz CT molecular complexity index is 1010. The normalized spacial score (nSPS) is 14.4. The first-order chi connectivity index (χ1) is 13.5. The van der Waals surface area contributed by atoms with E-state index in [9.17, 15) is 0 Å². The smallest absolute Gasteiger partial charge is 0.0953 e. The van der Waals surface area contributed by atoms with Crippen LogP contribution in [-0.2, 0) is 19.9 Å². The second-order valence-electron chi connectivity index (χ2n) is 7.84. The number of nitrogens with zero attached hydrogens (tertiary/aromatic N) is 5. The zero-order valence-electron chi connectivity index (χ0n) is 17.3. The third kappa shape index (κ3) is 3.15. The third-order valence-corrected chi connectivity index (χ3v) is 6.02. The van der Waals surface area contributed by atoms with Crippen molar-refractivity contribution in [1.29, 1.82) is 0 Å². The van der Waals surface area contributed by atoms with Crippen LogP contribution in [0, 0.1) is 13.8 Å². The molecule has 3 aromatic rings. The van der Waals surface area contributed by atoms with Crippen molar-refractivity contribution < 1.29 is 0 Å². The predicted molar refractivity (Wildman–Crippen MR) is 115 cm³/mol. The standard InChI is InChI=1S/C23H29N5/c1-6-10-27-11-9-20-13-19(7-8-22(20)27)23-14-24-15-28(23)16(2)12-21-17(3)25-26(5)18(21)4/h6-8,13-16H,1,9-12H2,2-5H3. The summed E-state index contributed by atoms with van der Waals surface area (Å²) in [7, 11) is 2.01. The van der Waals surface area contributed by atoms with Gasteiger partial charge in [0.05, 0.1) is 23.9 Å². The molecular formula is C23H29N5. The zero-order valence-corrected chi connectivity index (χ0v) is 17.3. The Hall–Kier alpha value is -2.82. The van der Waals surface area contributed by atoms with Crippen LogP contribution in [-0.4, -0.2) is 32.4 Å². The topological polar surface area (TPSA) is 38.9 Å². The molecule has 1 unspecified atom stereocenters. The van der Waals surface area contributed by atoms with Crippen LogP contribution in [0.2, 0.25) is 0 Å². The van der Waals surface area contributed by atoms with Crippen molar-refractivity contribution in [1.82, 2.24) is 19.3 Å². The molecule has 1 aliphatic rings. The molecule has 5 heteroatoms. The fourth-order valence-electron chi connectivity index (χ4n) is 4.36. The molecule has 0 N–H and O–H groups in total. The lowest BCUT2D eigenvalue weighted by molar-refractivity contribution is 0.546. The van der Waals surface area contributed by atoms with Gasteiger partial charge in [-0.05, 0) is 56.9 Å². The Kier molecular flexibility index (Phi) is 4.84. The van der Waals surface area contributed by atoms with Gasteiger partial charge in [0.15, 0.2) is 0 Å². The Balaban J connectivity index is 1.62. The molecule has 5 nitrogen and oxygen atoms in total. The lowest BCUT2D eigenvalue weighted by Gasteiger charge is -2.19. The molecule has 3 heterocycles. The largest absolute Gasteiger partial charge is 0.367 e. The maximum Gasteiger partial charge on any atom is 0.0953 e. The monoisotopic (exact) mass is 375 g/mol. The van der Waals surface area contributed by atoms with Crippen LogP contribution in [0.15, 0.2) is 43.4 Å². The molecule has 1 aromatic carbocycles. The van der Waals surface area contributed by atoms with Crippen LogP contribution in [0.1, 0.15) is 35.5 Å². The van der Waals surface area contributed by atoms with E-state index in [1.54, 1.807) is 0 Å². The van der Waals surface area contributed by atoms with Gasteiger partial charge in [-0.3, -0.25) is 4.68 Å². The minimum Gasteiger partial charge on any atom is -0.367 e. The second-order valence-corrected chi connectivity index (χ2v) is 7.84. The van der Waals surface area contributed by atoms with Crippen molar-refractivity contribution >= 4 is 5.69 Å². The maximum atomic E-state index is 4.57. The van der Waals surface area contributed by atoms with E-state index in [1.165, 1.54) is 33.8 Å². The number of hydrogen-bond donors (Lipinski definition) is 0. The summed E-state index contributed by atoms with van der Waals surface area (Å²) in [6, 6.07) is 7.11. The van der Waals surface area contributed by atoms with Crippen molar-refractivity contribution in [3.8, 4) is 11.3 Å². The molecule has 146 valence electrons. The molecule has 0 bridgehead atoms. The highest BCUT2D eigenvalue weighted by molar-refractivity contribution is 5.69. The minimum atomic E-state index is 0.310. The molecule has 1 atom stereocenters. The first kappa shape index (κ1) is 18.5. The van der Waals surface area contributed by atoms with Gasteiger partial charge in [0.2, 0.25) is 0 Å². The Morgan fingerprint density at radius 1 is 1.29 bits per heavy atom. The van der Waals surface area contributed by atoms with E-state index in [0.29, 0.717) is 6.04 Å². The van der Waals surface area contributed by atoms with Gasteiger partial charge in [0.25, 0.3) is 0 Å². The number of anilines is 1. The lowest BCUT2D eigenvalue weighted by atomic mass is 10.0. The summed E-state index contributed by atoms with van der Waals surface area (Å²) in [6.45, 7) is 12.4. The van der Waals surface area contributed by atoms with Crippen molar-refractivity contribution in [2.75, 3.05) is 18.0 Å². The highest BCUT2D eigenvalue weighted by atomic mass is 15.3. The highest BCUT2D eigenvalue weighted by Gasteiger charge is 2.21. The zero-order chi connectivity index (χ0) is 19.8. The number of aryl methyl sites for hydroxylation is 2. The first-order valence-corrected chi connectivity index (χ1v) is 9.99. The van der Waals surface area contributed by atoms with Crippen LogP contribution >= 0.6 is 0 Å². The van der Waals surface area contributed by atoms with E-state index in [-0.39, 0.29) is 0 Å². The molecule has 0 spiro atoms. The van der Waals surface area contributed by atoms with Crippen molar-refractivity contribution in [2.45, 2.75) is 39.7 Å². The van der Waals surface area contributed by atoms with Crippen LogP contribution in [0.5, 0.6) is 0 Å². The van der Waals surface area contributed by atoms with Crippen LogP contribution in [0.3, 0.4) is 0 Å². The SMILES string of the molecule is C=CCN1CCc2cc(-c3cncn3C(C)Cc3c(C)nn(C)c3C)ccc21. The molecule has 2 aromatic heterocycles. The summed E-state index contributed by atoms with van der Waals surface area (Å²) in [5, 5.41) is 4.57. The molecular weight excluding hydrogens is 346 g/mol. The molecule has 0 fully saturated rings. The molecule has 28 heavy (non-hydrogen) atoms. The second kappa shape index (κ2) is 7.30. The fourth-order valence-corrected chi connectivity index (χ4v) is 4.36. The van der Waals surface area contributed by atoms with Crippen molar-refractivity contribution in [3.63, 3.8) is 0 Å². The molecule has 0 saturated carbocycles. The fraction of sp³-hybridized carbons (Fsp3) is 0.391. The van der Waals surface area contributed by atoms with Gasteiger partial charge in [-0.25, -0.2) is 4.98 Å². The average Bonchev–Trinajstić information content (AvgIpc) is 3.37. The highest BCUT2D eigenvalue weighted by Crippen LogP contribution is 2.33. The quantitative estimate of drug-likeness (QED) is 0.605. The molecule has 0 radical (unpaired) electrons. The minimum absolute atomic E-state index is 0.310. The van der Waals surface area contributed by atoms with Crippen LogP contribution < -0.4 is 4.90 Å². The van der Waals surface area contributed by atoms with Crippen molar-refractivity contribution in [2.24, 2.45) is 7.05 Å². The van der Waals surface area contributed by atoms with Gasteiger partial charge in [-0.1, -0.05) is 12.1 Å². The van der Waals surface area contributed by atoms with Crippen LogP contribution in [0.4, 0.5) is 5.69 Å². The summed E-state index contributed by atoms with van der Waals surface area (Å²) in [4.78, 5) is 6.86. The van der Waals surface area contributed by atoms with Gasteiger partial charge in [-0.2, -0.15) is 5.10 Å². The summed E-state index contributed by atoms with van der Waals surface area (Å²) in [5.41, 5.74) is 8.87. The van der Waals surface area contributed by atoms with E-state index in [4.69, 9.17) is 0 Å². The third-order valence-electron chi connectivity index (χ3n) is 6.02. The lowest BCUT2D eigenvalue weighted by Crippen LogP contribution is -2.19. The van der Waals surface area contributed by atoms with Crippen LogP contribution in [0.25, 0.3) is 11.3 Å². The summed E-state index contributed by atoms with van der Waals surface area (Å²) >= 11 is 0. The maximum absolute atomic E-state index is 4.57. The summed E-state index contributed by atoms with van der Waals surface area (Å²) < 4.78 is 4.27. The van der Waals surface area contributed by atoms with E-state index in [1.807, 2.05) is 30.3 Å². The van der Waals surface area contributed by atoms with Crippen molar-refractivity contribution in [3.05, 3.63) is 65.9 Å². The molecule has 0 aliphatic carbocycles. The average molecular weight is 376 g/mol. The molecule has 1 aliphatic heterocycles. The van der Waals surface area contributed by atoms with Gasteiger partial charge in [0, 0.05) is 43.1 Å². The number of benzene rings is 1. The predicted octanol–water partition coefficient (Wildman–Crippen LogP) is 4.25. The van der Waals surface area contributed by atoms with E-state index in [0.717, 1.165) is 31.6 Å². The summed E-state index contributed by atoms with van der Waals surface area (Å²) in [5.74, 6) is 0. The van der Waals surface area contributed by atoms with Gasteiger partial charge >= 0.3 is 0 Å². The van der Waals surface area contributed by atoms with E-state index in [2.05, 4.69) is 65.1 Å². The number of hydrogen-bond acceptors (Lipinski definition) is 3. The number of rotatable bonds is 6. The first-order valence-electron chi connectivity index (χ1n) is 9.99. The number of fused-ring (bicyclic) bond motifs is 1. The number of imidazole rings is 1. The molecule has 4 rings (SSSR count). The Labute approximate surface area is 167 Å². The number of aromatic nitrogens is 4. The Morgan fingerprint density at radius 2 is 2.11 bits per heavy atom. The van der Waals surface area contributed by atoms with E-state index < -0.39 is 0 Å².